The van der Waals surface area contributed by atoms with Crippen molar-refractivity contribution < 1.29 is 59.9 Å². The summed E-state index contributed by atoms with van der Waals surface area (Å²) < 4.78 is 16.4. The fraction of sp³-hybridized carbons (Fsp3) is 0.381. The lowest BCUT2D eigenvalue weighted by Crippen LogP contribution is -2.60. The molecule has 2 aromatic carbocycles. The minimum Gasteiger partial charge on any atom is -0.507 e. The number of fused-ring (bicyclic) bond motifs is 1. The van der Waals surface area contributed by atoms with Crippen molar-refractivity contribution in [3.05, 3.63) is 41.5 Å². The summed E-state index contributed by atoms with van der Waals surface area (Å²) in [5.74, 6) is -2.74. The standard InChI is InChI=1S/C21H22O12/c22-6-13-15(26)17(28)19(30)21(33-13)31-8-4-11(25)14-12(5-8)32-20(18(29)16(14)27)7-1-2-9(23)10(24)3-7/h1-5,13,15,17-26,28-30H,6H2/t13-,15-,17+,18+,19-,20+,21-/m1/s1. The summed E-state index contributed by atoms with van der Waals surface area (Å²) in [4.78, 5) is 12.7. The average molecular weight is 466 g/mol. The zero-order valence-electron chi connectivity index (χ0n) is 16.8. The van der Waals surface area contributed by atoms with Gasteiger partial charge in [0.1, 0.15) is 47.2 Å². The van der Waals surface area contributed by atoms with Crippen molar-refractivity contribution in [1.29, 1.82) is 0 Å². The summed E-state index contributed by atoms with van der Waals surface area (Å²) in [5.41, 5.74) is -0.167. The molecule has 4 rings (SSSR count). The lowest BCUT2D eigenvalue weighted by Gasteiger charge is -2.39. The van der Waals surface area contributed by atoms with Gasteiger partial charge in [0.2, 0.25) is 12.1 Å². The molecule has 7 atom stereocenters. The fourth-order valence-corrected chi connectivity index (χ4v) is 3.74. The third-order valence-corrected chi connectivity index (χ3v) is 5.54. The number of carbonyl (C=O) groups excluding carboxylic acids is 1. The zero-order chi connectivity index (χ0) is 24.0. The van der Waals surface area contributed by atoms with Gasteiger partial charge < -0.3 is 55.1 Å². The van der Waals surface area contributed by atoms with Crippen molar-refractivity contribution in [3.63, 3.8) is 0 Å². The monoisotopic (exact) mass is 466 g/mol. The van der Waals surface area contributed by atoms with Crippen LogP contribution in [0.1, 0.15) is 22.0 Å². The van der Waals surface area contributed by atoms with Crippen LogP contribution in [0.4, 0.5) is 0 Å². The first-order valence-corrected chi connectivity index (χ1v) is 9.87. The third kappa shape index (κ3) is 4.04. The molecule has 178 valence electrons. The molecular formula is C21H22O12. The molecule has 12 heteroatoms. The van der Waals surface area contributed by atoms with E-state index in [1.165, 1.54) is 12.1 Å². The molecule has 1 fully saturated rings. The average Bonchev–Trinajstić information content (AvgIpc) is 2.78. The Morgan fingerprint density at radius 2 is 1.61 bits per heavy atom. The normalized spacial score (nSPS) is 31.5. The predicted octanol–water partition coefficient (Wildman–Crippen LogP) is -1.34. The lowest BCUT2D eigenvalue weighted by molar-refractivity contribution is -0.277. The van der Waals surface area contributed by atoms with E-state index >= 15 is 0 Å². The van der Waals surface area contributed by atoms with Crippen LogP contribution in [0.15, 0.2) is 30.3 Å². The Balaban J connectivity index is 1.64. The number of aliphatic hydroxyl groups excluding tert-OH is 5. The first-order chi connectivity index (χ1) is 15.6. The molecule has 0 bridgehead atoms. The molecule has 2 aromatic rings. The largest absolute Gasteiger partial charge is 0.507 e. The van der Waals surface area contributed by atoms with Crippen molar-refractivity contribution in [3.8, 4) is 28.7 Å². The van der Waals surface area contributed by atoms with Crippen LogP contribution in [0.3, 0.4) is 0 Å². The van der Waals surface area contributed by atoms with Crippen LogP contribution in [0.25, 0.3) is 0 Å². The summed E-state index contributed by atoms with van der Waals surface area (Å²) in [7, 11) is 0. The van der Waals surface area contributed by atoms with E-state index in [4.69, 9.17) is 14.2 Å². The van der Waals surface area contributed by atoms with Gasteiger partial charge in [-0.05, 0) is 17.7 Å². The van der Waals surface area contributed by atoms with Crippen LogP contribution >= 0.6 is 0 Å². The second kappa shape index (κ2) is 8.67. The van der Waals surface area contributed by atoms with Crippen LogP contribution in [-0.2, 0) is 4.74 Å². The molecular weight excluding hydrogens is 444 g/mol. The van der Waals surface area contributed by atoms with Crippen molar-refractivity contribution in [2.75, 3.05) is 6.61 Å². The van der Waals surface area contributed by atoms with Gasteiger partial charge in [-0.1, -0.05) is 6.07 Å². The lowest BCUT2D eigenvalue weighted by atomic mass is 9.92. The molecule has 33 heavy (non-hydrogen) atoms. The van der Waals surface area contributed by atoms with E-state index in [9.17, 15) is 45.6 Å². The van der Waals surface area contributed by atoms with E-state index < -0.39 is 72.6 Å². The van der Waals surface area contributed by atoms with Gasteiger partial charge in [-0.2, -0.15) is 0 Å². The first-order valence-electron chi connectivity index (χ1n) is 9.87. The van der Waals surface area contributed by atoms with Gasteiger partial charge in [-0.3, -0.25) is 4.79 Å². The molecule has 0 saturated carbocycles. The minimum atomic E-state index is -1.73. The van der Waals surface area contributed by atoms with E-state index in [1.54, 1.807) is 0 Å². The number of ether oxygens (including phenoxy) is 3. The van der Waals surface area contributed by atoms with E-state index in [-0.39, 0.29) is 22.6 Å². The molecule has 2 heterocycles. The van der Waals surface area contributed by atoms with E-state index in [0.29, 0.717) is 0 Å². The van der Waals surface area contributed by atoms with Gasteiger partial charge >= 0.3 is 0 Å². The van der Waals surface area contributed by atoms with Crippen LogP contribution in [0, 0.1) is 0 Å². The Kier molecular flexibility index (Phi) is 6.05. The van der Waals surface area contributed by atoms with E-state index in [0.717, 1.165) is 18.2 Å². The number of aromatic hydroxyl groups is 3. The summed E-state index contributed by atoms with van der Waals surface area (Å²) in [6.45, 7) is -0.670. The van der Waals surface area contributed by atoms with Crippen LogP contribution in [-0.4, -0.2) is 90.1 Å². The molecule has 8 N–H and O–H groups in total. The topological polar surface area (TPSA) is 207 Å². The van der Waals surface area contributed by atoms with Gasteiger partial charge in [-0.25, -0.2) is 0 Å². The van der Waals surface area contributed by atoms with E-state index in [2.05, 4.69) is 0 Å². The minimum absolute atomic E-state index is 0.160. The molecule has 2 aliphatic heterocycles. The number of carbonyl (C=O) groups is 1. The maximum absolute atomic E-state index is 12.7. The third-order valence-electron chi connectivity index (χ3n) is 5.54. The highest BCUT2D eigenvalue weighted by molar-refractivity contribution is 6.05. The quantitative estimate of drug-likeness (QED) is 0.246. The number of phenolic OH excluding ortho intramolecular Hbond substituents is 3. The second-order valence-electron chi connectivity index (χ2n) is 7.73. The van der Waals surface area contributed by atoms with Gasteiger partial charge in [0.05, 0.1) is 6.61 Å². The van der Waals surface area contributed by atoms with Crippen molar-refractivity contribution >= 4 is 5.78 Å². The van der Waals surface area contributed by atoms with Crippen LogP contribution in [0.2, 0.25) is 0 Å². The fourth-order valence-electron chi connectivity index (χ4n) is 3.74. The first kappa shape index (κ1) is 23.0. The Hall–Kier alpha value is -3.13. The number of phenols is 3. The molecule has 0 radical (unpaired) electrons. The van der Waals surface area contributed by atoms with Crippen LogP contribution in [0.5, 0.6) is 28.7 Å². The number of aliphatic hydroxyl groups is 5. The smallest absolute Gasteiger partial charge is 0.229 e. The van der Waals surface area contributed by atoms with Gasteiger partial charge in [-0.15, -0.1) is 0 Å². The molecule has 2 aliphatic rings. The predicted molar refractivity (Wildman–Crippen MR) is 106 cm³/mol. The second-order valence-corrected chi connectivity index (χ2v) is 7.73. The van der Waals surface area contributed by atoms with Crippen LogP contribution < -0.4 is 9.47 Å². The maximum atomic E-state index is 12.7. The molecule has 0 spiro atoms. The highest BCUT2D eigenvalue weighted by Crippen LogP contribution is 2.43. The molecule has 1 saturated heterocycles. The number of benzene rings is 2. The Morgan fingerprint density at radius 3 is 2.27 bits per heavy atom. The van der Waals surface area contributed by atoms with Gasteiger partial charge in [0.15, 0.2) is 23.7 Å². The molecule has 0 amide bonds. The summed E-state index contributed by atoms with van der Waals surface area (Å²) >= 11 is 0. The van der Waals surface area contributed by atoms with Gasteiger partial charge in [0.25, 0.3) is 0 Å². The summed E-state index contributed by atoms with van der Waals surface area (Å²) in [6.07, 6.45) is -10.8. The SMILES string of the molecule is O=C1c2c(O)cc(O[C@@H]3O[C@H](CO)[C@@H](O)[C@H](O)[C@H]3O)cc2O[C@@H](c2ccc(O)c(O)c2)[C@H]1O. The summed E-state index contributed by atoms with van der Waals surface area (Å²) in [5, 5.41) is 79.2. The number of rotatable bonds is 4. The summed E-state index contributed by atoms with van der Waals surface area (Å²) in [6, 6.07) is 5.76. The van der Waals surface area contributed by atoms with Gasteiger partial charge in [0, 0.05) is 12.1 Å². The molecule has 0 unspecified atom stereocenters. The number of hydrogen-bond donors (Lipinski definition) is 8. The van der Waals surface area contributed by atoms with Crippen molar-refractivity contribution in [2.24, 2.45) is 0 Å². The highest BCUT2D eigenvalue weighted by atomic mass is 16.7. The molecule has 12 nitrogen and oxygen atoms in total. The Morgan fingerprint density at radius 1 is 0.879 bits per heavy atom. The Labute approximate surface area is 186 Å². The maximum Gasteiger partial charge on any atom is 0.229 e. The molecule has 0 aliphatic carbocycles. The van der Waals surface area contributed by atoms with E-state index in [1.807, 2.05) is 0 Å². The number of ketones is 1. The highest BCUT2D eigenvalue weighted by Gasteiger charge is 2.45. The van der Waals surface area contributed by atoms with Crippen molar-refractivity contribution in [1.82, 2.24) is 0 Å². The molecule has 0 aromatic heterocycles. The van der Waals surface area contributed by atoms with Crippen molar-refractivity contribution in [2.45, 2.75) is 42.9 Å². The number of hydrogen-bond acceptors (Lipinski definition) is 12. The Bertz CT molecular complexity index is 1050. The number of Topliss-reactive ketones (excluding diaryl/α,β-unsaturated/α-hetero) is 1. The zero-order valence-corrected chi connectivity index (χ0v) is 16.8.